The fourth-order valence-corrected chi connectivity index (χ4v) is 3.47. The lowest BCUT2D eigenvalue weighted by atomic mass is 9.91. The maximum absolute atomic E-state index is 10.8. The lowest BCUT2D eigenvalue weighted by molar-refractivity contribution is 0.108. The van der Waals surface area contributed by atoms with Crippen LogP contribution < -0.4 is 15.8 Å². The van der Waals surface area contributed by atoms with Gasteiger partial charge in [0.05, 0.1) is 4.88 Å². The molecule has 3 heterocycles. The number of nitrogens with one attached hydrogen (secondary N) is 1. The molecule has 5 nitrogen and oxygen atoms in total. The van der Waals surface area contributed by atoms with E-state index in [1.807, 2.05) is 18.2 Å². The van der Waals surface area contributed by atoms with Gasteiger partial charge >= 0.3 is 0 Å². The van der Waals surface area contributed by atoms with Crippen molar-refractivity contribution >= 4 is 27.8 Å². The van der Waals surface area contributed by atoms with Crippen molar-refractivity contribution in [2.75, 3.05) is 13.6 Å². The normalized spacial score (nSPS) is 20.1. The van der Waals surface area contributed by atoms with E-state index in [2.05, 4.69) is 29.9 Å². The second-order valence-electron chi connectivity index (χ2n) is 5.85. The lowest BCUT2D eigenvalue weighted by Crippen LogP contribution is -2.49. The zero-order chi connectivity index (χ0) is 16.2. The molecule has 3 rings (SSSR count). The van der Waals surface area contributed by atoms with Gasteiger partial charge in [0.1, 0.15) is 10.9 Å². The maximum Gasteiger partial charge on any atom is 0.214 e. The molecule has 0 amide bonds. The lowest BCUT2D eigenvalue weighted by Gasteiger charge is -2.36. The van der Waals surface area contributed by atoms with Gasteiger partial charge in [0.2, 0.25) is 5.88 Å². The molecule has 1 aliphatic heterocycles. The molecule has 2 aromatic rings. The Morgan fingerprint density at radius 2 is 2.23 bits per heavy atom. The number of piperidine rings is 1. The molecule has 1 saturated heterocycles. The topological polar surface area (TPSA) is 77.2 Å². The largest absolute Gasteiger partial charge is 0.474 e. The molecule has 1 fully saturated rings. The maximum atomic E-state index is 10.8. The Morgan fingerprint density at radius 3 is 2.91 bits per heavy atom. The van der Waals surface area contributed by atoms with Crippen LogP contribution in [0.5, 0.6) is 5.88 Å². The molecule has 0 aliphatic carbocycles. The number of aldehydes is 1. The summed E-state index contributed by atoms with van der Waals surface area (Å²) < 4.78 is 6.01. The Bertz CT molecular complexity index is 639. The van der Waals surface area contributed by atoms with E-state index in [9.17, 15) is 4.79 Å². The number of pyridine rings is 1. The number of hydrogen-bond acceptors (Lipinski definition) is 6. The average Bonchev–Trinajstić information content (AvgIpc) is 2.90. The number of hydrogen-bond donors (Lipinski definition) is 2. The Hall–Kier alpha value is -1.50. The summed E-state index contributed by atoms with van der Waals surface area (Å²) in [7, 11) is 1.50. The Kier molecular flexibility index (Phi) is 5.50. The molecule has 120 valence electrons. The van der Waals surface area contributed by atoms with Crippen LogP contribution in [0.3, 0.4) is 0 Å². The molecule has 1 unspecified atom stereocenters. The molecule has 3 N–H and O–H groups in total. The fraction of sp³-hybridized carbons (Fsp3) is 0.500. The van der Waals surface area contributed by atoms with Gasteiger partial charge in [0.25, 0.3) is 0 Å². The van der Waals surface area contributed by atoms with E-state index in [1.54, 1.807) is 0 Å². The van der Waals surface area contributed by atoms with Crippen LogP contribution >= 0.6 is 11.3 Å². The number of nitrogens with zero attached hydrogens (tertiary/aromatic N) is 1. The van der Waals surface area contributed by atoms with E-state index in [4.69, 9.17) is 4.74 Å². The van der Waals surface area contributed by atoms with Gasteiger partial charge in [-0.25, -0.2) is 4.98 Å². The number of ether oxygens (including phenoxy) is 1. The highest BCUT2D eigenvalue weighted by molar-refractivity contribution is 7.20. The van der Waals surface area contributed by atoms with E-state index in [-0.39, 0.29) is 11.6 Å². The standard InChI is InChI=1S/C15H18N2O2S.CH5N/c1-15(2)8-11(5-6-16-15)19-13-4-3-10-7-12(9-18)20-14(10)17-13;1-2/h3-4,7,9,11,16H,5-6,8H2,1-2H3;2H2,1H3. The molecule has 0 bridgehead atoms. The first kappa shape index (κ1) is 16.9. The average molecular weight is 321 g/mol. The molecule has 22 heavy (non-hydrogen) atoms. The Balaban J connectivity index is 0.000000847. The van der Waals surface area contributed by atoms with E-state index in [1.165, 1.54) is 18.4 Å². The molecule has 6 heteroatoms. The number of carbonyl (C=O) groups excluding carboxylic acids is 1. The van der Waals surface area contributed by atoms with Crippen LogP contribution in [0.15, 0.2) is 18.2 Å². The molecule has 0 radical (unpaired) electrons. The van der Waals surface area contributed by atoms with Gasteiger partial charge in [-0.15, -0.1) is 11.3 Å². The molecule has 2 aromatic heterocycles. The number of aromatic nitrogens is 1. The second kappa shape index (κ2) is 7.17. The van der Waals surface area contributed by atoms with Crippen molar-refractivity contribution in [3.63, 3.8) is 0 Å². The van der Waals surface area contributed by atoms with E-state index >= 15 is 0 Å². The first-order valence-corrected chi connectivity index (χ1v) is 8.23. The van der Waals surface area contributed by atoms with Crippen LogP contribution in [-0.4, -0.2) is 36.5 Å². The van der Waals surface area contributed by atoms with Gasteiger partial charge in [-0.05, 0) is 46.0 Å². The summed E-state index contributed by atoms with van der Waals surface area (Å²) in [4.78, 5) is 16.9. The predicted molar refractivity (Wildman–Crippen MR) is 90.9 cm³/mol. The quantitative estimate of drug-likeness (QED) is 0.850. The smallest absolute Gasteiger partial charge is 0.214 e. The van der Waals surface area contributed by atoms with Crippen molar-refractivity contribution in [2.45, 2.75) is 38.3 Å². The number of rotatable bonds is 3. The summed E-state index contributed by atoms with van der Waals surface area (Å²) in [5.74, 6) is 0.652. The number of carbonyl (C=O) groups is 1. The van der Waals surface area contributed by atoms with Gasteiger partial charge in [0.15, 0.2) is 6.29 Å². The predicted octanol–water partition coefficient (Wildman–Crippen LogP) is 2.59. The fourth-order valence-electron chi connectivity index (χ4n) is 2.63. The van der Waals surface area contributed by atoms with Crippen LogP contribution in [0.1, 0.15) is 36.4 Å². The highest BCUT2D eigenvalue weighted by Crippen LogP contribution is 2.27. The third kappa shape index (κ3) is 4.03. The third-order valence-electron chi connectivity index (χ3n) is 3.59. The van der Waals surface area contributed by atoms with Crippen molar-refractivity contribution in [1.29, 1.82) is 0 Å². The van der Waals surface area contributed by atoms with Gasteiger partial charge in [-0.3, -0.25) is 4.79 Å². The number of fused-ring (bicyclic) bond motifs is 1. The monoisotopic (exact) mass is 321 g/mol. The van der Waals surface area contributed by atoms with Crippen LogP contribution in [0.4, 0.5) is 0 Å². The minimum absolute atomic E-state index is 0.112. The molecule has 0 spiro atoms. The molecule has 0 aromatic carbocycles. The summed E-state index contributed by atoms with van der Waals surface area (Å²) in [6, 6.07) is 5.71. The Labute approximate surface area is 134 Å². The molecule has 1 aliphatic rings. The van der Waals surface area contributed by atoms with E-state index in [0.29, 0.717) is 10.8 Å². The van der Waals surface area contributed by atoms with Gasteiger partial charge in [-0.2, -0.15) is 0 Å². The van der Waals surface area contributed by atoms with E-state index < -0.39 is 0 Å². The third-order valence-corrected chi connectivity index (χ3v) is 4.56. The van der Waals surface area contributed by atoms with E-state index in [0.717, 1.165) is 35.9 Å². The summed E-state index contributed by atoms with van der Waals surface area (Å²) in [5, 5.41) is 4.47. The van der Waals surface area contributed by atoms with Crippen LogP contribution in [0.2, 0.25) is 0 Å². The highest BCUT2D eigenvalue weighted by atomic mass is 32.1. The van der Waals surface area contributed by atoms with Crippen molar-refractivity contribution in [2.24, 2.45) is 5.73 Å². The molecular formula is C16H23N3O2S. The Morgan fingerprint density at radius 1 is 1.45 bits per heavy atom. The second-order valence-corrected chi connectivity index (χ2v) is 6.92. The van der Waals surface area contributed by atoms with Crippen molar-refractivity contribution in [1.82, 2.24) is 10.3 Å². The molecule has 1 atom stereocenters. The summed E-state index contributed by atoms with van der Waals surface area (Å²) in [5.41, 5.74) is 4.61. The number of thiophene rings is 1. The molecule has 0 saturated carbocycles. The highest BCUT2D eigenvalue weighted by Gasteiger charge is 2.28. The number of nitrogens with two attached hydrogens (primary N) is 1. The summed E-state index contributed by atoms with van der Waals surface area (Å²) >= 11 is 1.40. The van der Waals surface area contributed by atoms with Crippen molar-refractivity contribution in [3.05, 3.63) is 23.1 Å². The minimum Gasteiger partial charge on any atom is -0.474 e. The first-order valence-electron chi connectivity index (χ1n) is 7.41. The van der Waals surface area contributed by atoms with Crippen molar-refractivity contribution < 1.29 is 9.53 Å². The minimum atomic E-state index is 0.112. The van der Waals surface area contributed by atoms with Crippen LogP contribution in [-0.2, 0) is 0 Å². The van der Waals surface area contributed by atoms with Gasteiger partial charge in [0, 0.05) is 23.4 Å². The van der Waals surface area contributed by atoms with Crippen LogP contribution in [0.25, 0.3) is 10.2 Å². The zero-order valence-electron chi connectivity index (χ0n) is 13.3. The van der Waals surface area contributed by atoms with Crippen LogP contribution in [0, 0.1) is 0 Å². The zero-order valence-corrected chi connectivity index (χ0v) is 14.1. The first-order chi connectivity index (χ1) is 10.6. The summed E-state index contributed by atoms with van der Waals surface area (Å²) in [6.07, 6.45) is 3.02. The molecular weight excluding hydrogens is 298 g/mol. The summed E-state index contributed by atoms with van der Waals surface area (Å²) in [6.45, 7) is 5.34. The van der Waals surface area contributed by atoms with Gasteiger partial charge in [-0.1, -0.05) is 0 Å². The SMILES string of the molecule is CC1(C)CC(Oc2ccc3cc(C=O)sc3n2)CCN1.CN. The van der Waals surface area contributed by atoms with Crippen molar-refractivity contribution in [3.8, 4) is 5.88 Å². The van der Waals surface area contributed by atoms with Gasteiger partial charge < -0.3 is 15.8 Å².